The molecule has 0 aromatic heterocycles. The Balaban J connectivity index is 1.47. The van der Waals surface area contributed by atoms with Gasteiger partial charge in [-0.2, -0.15) is 0 Å². The molecule has 0 aliphatic carbocycles. The molecule has 0 radical (unpaired) electrons. The van der Waals surface area contributed by atoms with Crippen LogP contribution in [0.1, 0.15) is 30.4 Å². The van der Waals surface area contributed by atoms with Gasteiger partial charge < -0.3 is 4.74 Å². The van der Waals surface area contributed by atoms with Gasteiger partial charge in [-0.25, -0.2) is 0 Å². The van der Waals surface area contributed by atoms with Crippen LogP contribution < -0.4 is 0 Å². The highest BCUT2D eigenvalue weighted by Crippen LogP contribution is 2.04. The summed E-state index contributed by atoms with van der Waals surface area (Å²) >= 11 is 0. The fourth-order valence-corrected chi connectivity index (χ4v) is 2.18. The molecule has 2 aromatic carbocycles. The van der Waals surface area contributed by atoms with Crippen molar-refractivity contribution in [3.8, 4) is 0 Å². The Kier molecular flexibility index (Phi) is 7.36. The van der Waals surface area contributed by atoms with E-state index in [2.05, 4.69) is 66.7 Å². The lowest BCUT2D eigenvalue weighted by molar-refractivity contribution is 0.117. The van der Waals surface area contributed by atoms with E-state index in [0.717, 1.165) is 32.5 Å². The molecule has 0 amide bonds. The number of allylic oxidation sites excluding steroid dienone is 2. The molecule has 21 heavy (non-hydrogen) atoms. The Labute approximate surface area is 128 Å². The number of rotatable bonds is 9. The van der Waals surface area contributed by atoms with E-state index in [1.807, 2.05) is 6.07 Å². The molecular formula is C20H24O. The molecule has 2 aromatic rings. The predicted molar refractivity (Wildman–Crippen MR) is 89.2 cm³/mol. The summed E-state index contributed by atoms with van der Waals surface area (Å²) < 4.78 is 5.67. The largest absolute Gasteiger partial charge is 0.377 e. The van der Waals surface area contributed by atoms with Crippen LogP contribution in [-0.2, 0) is 17.8 Å². The Morgan fingerprint density at radius 3 is 2.10 bits per heavy atom. The molecule has 2 rings (SSSR count). The lowest BCUT2D eigenvalue weighted by Crippen LogP contribution is -1.95. The van der Waals surface area contributed by atoms with Crippen molar-refractivity contribution >= 4 is 0 Å². The van der Waals surface area contributed by atoms with Gasteiger partial charge in [-0.05, 0) is 36.8 Å². The number of ether oxygens (including phenoxy) is 1. The molecule has 0 spiro atoms. The van der Waals surface area contributed by atoms with Crippen LogP contribution in [0.4, 0.5) is 0 Å². The van der Waals surface area contributed by atoms with Gasteiger partial charge >= 0.3 is 0 Å². The van der Waals surface area contributed by atoms with Crippen LogP contribution in [0.2, 0.25) is 0 Å². The molecule has 1 heteroatoms. The molecule has 0 saturated heterocycles. The van der Waals surface area contributed by atoms with Gasteiger partial charge in [0, 0.05) is 6.61 Å². The van der Waals surface area contributed by atoms with Crippen molar-refractivity contribution < 1.29 is 4.74 Å². The first-order chi connectivity index (χ1) is 10.4. The molecule has 0 atom stereocenters. The van der Waals surface area contributed by atoms with Gasteiger partial charge in [0.15, 0.2) is 0 Å². The monoisotopic (exact) mass is 280 g/mol. The van der Waals surface area contributed by atoms with E-state index in [1.54, 1.807) is 0 Å². The quantitative estimate of drug-likeness (QED) is 0.454. The molecule has 0 N–H and O–H groups in total. The van der Waals surface area contributed by atoms with Gasteiger partial charge in [0.05, 0.1) is 6.61 Å². The zero-order chi connectivity index (χ0) is 14.6. The summed E-state index contributed by atoms with van der Waals surface area (Å²) in [7, 11) is 0. The van der Waals surface area contributed by atoms with Crippen molar-refractivity contribution in [1.29, 1.82) is 0 Å². The van der Waals surface area contributed by atoms with Gasteiger partial charge in [-0.1, -0.05) is 72.8 Å². The van der Waals surface area contributed by atoms with Gasteiger partial charge in [0.2, 0.25) is 0 Å². The van der Waals surface area contributed by atoms with Crippen molar-refractivity contribution in [1.82, 2.24) is 0 Å². The zero-order valence-electron chi connectivity index (χ0n) is 12.6. The Hall–Kier alpha value is -1.86. The lowest BCUT2D eigenvalue weighted by atomic mass is 10.1. The number of unbranched alkanes of at least 4 members (excludes halogenated alkanes) is 2. The summed E-state index contributed by atoms with van der Waals surface area (Å²) in [5.74, 6) is 0. The predicted octanol–water partition coefficient (Wildman–Crippen LogP) is 5.17. The van der Waals surface area contributed by atoms with Gasteiger partial charge in [0.1, 0.15) is 0 Å². The van der Waals surface area contributed by atoms with Crippen LogP contribution in [0, 0.1) is 0 Å². The third-order valence-corrected chi connectivity index (χ3v) is 3.38. The normalized spacial score (nSPS) is 11.0. The van der Waals surface area contributed by atoms with E-state index in [-0.39, 0.29) is 0 Å². The lowest BCUT2D eigenvalue weighted by Gasteiger charge is -2.03. The standard InChI is InChI=1S/C20H24O/c1(2-6-12-19-13-7-4-8-14-19)3-11-17-21-18-20-15-9-5-10-16-20/h2,4-10,13-16H,1,3,11-12,17-18H2. The van der Waals surface area contributed by atoms with E-state index < -0.39 is 0 Å². The van der Waals surface area contributed by atoms with Crippen LogP contribution in [0.3, 0.4) is 0 Å². The molecule has 0 aliphatic rings. The minimum atomic E-state index is 0.727. The highest BCUT2D eigenvalue weighted by atomic mass is 16.5. The zero-order valence-corrected chi connectivity index (χ0v) is 12.6. The van der Waals surface area contributed by atoms with Crippen molar-refractivity contribution in [3.05, 3.63) is 83.9 Å². The van der Waals surface area contributed by atoms with Crippen molar-refractivity contribution in [3.63, 3.8) is 0 Å². The van der Waals surface area contributed by atoms with Crippen LogP contribution >= 0.6 is 0 Å². The van der Waals surface area contributed by atoms with E-state index in [4.69, 9.17) is 4.74 Å². The molecule has 0 saturated carbocycles. The van der Waals surface area contributed by atoms with Crippen LogP contribution in [0.25, 0.3) is 0 Å². The highest BCUT2D eigenvalue weighted by Gasteiger charge is 1.92. The number of hydrogen-bond acceptors (Lipinski definition) is 1. The smallest absolute Gasteiger partial charge is 0.0716 e. The molecule has 1 nitrogen and oxygen atoms in total. The molecule has 0 unspecified atom stereocenters. The minimum absolute atomic E-state index is 0.727. The third-order valence-electron chi connectivity index (χ3n) is 3.38. The maximum Gasteiger partial charge on any atom is 0.0716 e. The first-order valence-corrected chi connectivity index (χ1v) is 7.76. The summed E-state index contributed by atoms with van der Waals surface area (Å²) in [5, 5.41) is 0. The first kappa shape index (κ1) is 15.5. The van der Waals surface area contributed by atoms with E-state index >= 15 is 0 Å². The fraction of sp³-hybridized carbons (Fsp3) is 0.300. The molecule has 0 heterocycles. The summed E-state index contributed by atoms with van der Waals surface area (Å²) in [5.41, 5.74) is 2.63. The van der Waals surface area contributed by atoms with Gasteiger partial charge in [0.25, 0.3) is 0 Å². The highest BCUT2D eigenvalue weighted by molar-refractivity contribution is 5.17. The Bertz CT molecular complexity index is 502. The summed E-state index contributed by atoms with van der Waals surface area (Å²) in [6.07, 6.45) is 9.04. The second-order valence-corrected chi connectivity index (χ2v) is 5.20. The second-order valence-electron chi connectivity index (χ2n) is 5.20. The van der Waals surface area contributed by atoms with Crippen LogP contribution in [-0.4, -0.2) is 6.61 Å². The third kappa shape index (κ3) is 6.92. The SMILES string of the molecule is C(=CCc1ccccc1)CCCCOCc1ccccc1. The maximum absolute atomic E-state index is 5.67. The van der Waals surface area contributed by atoms with Gasteiger partial charge in [-0.15, -0.1) is 0 Å². The minimum Gasteiger partial charge on any atom is -0.377 e. The average Bonchev–Trinajstić information content (AvgIpc) is 2.55. The molecule has 0 aliphatic heterocycles. The Morgan fingerprint density at radius 1 is 0.714 bits per heavy atom. The molecular weight excluding hydrogens is 256 g/mol. The van der Waals surface area contributed by atoms with E-state index in [0.29, 0.717) is 0 Å². The number of hydrogen-bond donors (Lipinski definition) is 0. The Morgan fingerprint density at radius 2 is 1.38 bits per heavy atom. The molecule has 0 fully saturated rings. The maximum atomic E-state index is 5.67. The topological polar surface area (TPSA) is 9.23 Å². The van der Waals surface area contributed by atoms with E-state index in [9.17, 15) is 0 Å². The first-order valence-electron chi connectivity index (χ1n) is 7.76. The average molecular weight is 280 g/mol. The van der Waals surface area contributed by atoms with Crippen LogP contribution in [0.5, 0.6) is 0 Å². The summed E-state index contributed by atoms with van der Waals surface area (Å²) in [6.45, 7) is 1.58. The fourth-order valence-electron chi connectivity index (χ4n) is 2.18. The molecule has 0 bridgehead atoms. The van der Waals surface area contributed by atoms with Gasteiger partial charge in [-0.3, -0.25) is 0 Å². The number of benzene rings is 2. The van der Waals surface area contributed by atoms with Crippen LogP contribution in [0.15, 0.2) is 72.8 Å². The second kappa shape index (κ2) is 9.95. The summed E-state index contributed by atoms with van der Waals surface area (Å²) in [4.78, 5) is 0. The van der Waals surface area contributed by atoms with E-state index in [1.165, 1.54) is 17.5 Å². The molecule has 110 valence electrons. The van der Waals surface area contributed by atoms with Crippen molar-refractivity contribution in [2.45, 2.75) is 32.3 Å². The van der Waals surface area contributed by atoms with Crippen molar-refractivity contribution in [2.75, 3.05) is 6.61 Å². The summed E-state index contributed by atoms with van der Waals surface area (Å²) in [6, 6.07) is 20.9. The van der Waals surface area contributed by atoms with Crippen molar-refractivity contribution in [2.24, 2.45) is 0 Å².